The van der Waals surface area contributed by atoms with Gasteiger partial charge in [-0.15, -0.1) is 5.10 Å². The Hall–Kier alpha value is -2.75. The van der Waals surface area contributed by atoms with E-state index in [9.17, 15) is 4.79 Å². The fourth-order valence-electron chi connectivity index (χ4n) is 1.68. The average molecular weight is 318 g/mol. The fraction of sp³-hybridized carbons (Fsp3) is 0.167. The number of tetrazole rings is 1. The van der Waals surface area contributed by atoms with E-state index in [1.54, 1.807) is 17.9 Å². The Kier molecular flexibility index (Phi) is 4.10. The normalized spacial score (nSPS) is 10.6. The molecule has 1 amide bonds. The van der Waals surface area contributed by atoms with Crippen molar-refractivity contribution in [3.63, 3.8) is 0 Å². The van der Waals surface area contributed by atoms with Crippen LogP contribution in [-0.2, 0) is 11.8 Å². The molecule has 10 heteroatoms. The molecule has 0 unspecified atom stereocenters. The molecule has 0 fully saturated rings. The number of aromatic nitrogens is 6. The van der Waals surface area contributed by atoms with Crippen LogP contribution in [0.4, 0.5) is 5.88 Å². The lowest BCUT2D eigenvalue weighted by Gasteiger charge is -2.03. The molecule has 0 saturated carbocycles. The molecule has 0 aliphatic rings. The minimum absolute atomic E-state index is 0.150. The van der Waals surface area contributed by atoms with Gasteiger partial charge >= 0.3 is 5.88 Å². The zero-order chi connectivity index (χ0) is 15.4. The van der Waals surface area contributed by atoms with Crippen LogP contribution in [0.5, 0.6) is 0 Å². The van der Waals surface area contributed by atoms with Gasteiger partial charge in [0, 0.05) is 0 Å². The van der Waals surface area contributed by atoms with Gasteiger partial charge in [-0.3, -0.25) is 14.6 Å². The van der Waals surface area contributed by atoms with E-state index in [1.807, 2.05) is 30.3 Å². The topological polar surface area (TPSA) is 103 Å². The molecule has 0 spiro atoms. The highest BCUT2D eigenvalue weighted by Gasteiger charge is 2.14. The Bertz CT molecular complexity index is 771. The number of para-hydroxylation sites is 1. The van der Waals surface area contributed by atoms with Gasteiger partial charge in [0.15, 0.2) is 12.3 Å². The molecular weight excluding hydrogens is 306 g/mol. The first-order valence-corrected chi connectivity index (χ1v) is 7.30. The summed E-state index contributed by atoms with van der Waals surface area (Å²) in [5, 5.41) is 18.2. The summed E-state index contributed by atoms with van der Waals surface area (Å²) in [4.78, 5) is 11.9. The van der Waals surface area contributed by atoms with Gasteiger partial charge in [-0.25, -0.2) is 0 Å². The molecule has 3 rings (SSSR count). The third-order valence-electron chi connectivity index (χ3n) is 2.61. The molecular formula is C12H12N7O2S+. The molecule has 112 valence electrons. The fourth-order valence-corrected chi connectivity index (χ4v) is 2.37. The number of aryl methyl sites for hydroxylation is 1. The highest BCUT2D eigenvalue weighted by molar-refractivity contribution is 7.99. The summed E-state index contributed by atoms with van der Waals surface area (Å²) in [5.41, 5.74) is 0.831. The Morgan fingerprint density at radius 1 is 1.41 bits per heavy atom. The van der Waals surface area contributed by atoms with Crippen molar-refractivity contribution in [1.29, 1.82) is 0 Å². The van der Waals surface area contributed by atoms with Crippen LogP contribution >= 0.6 is 11.8 Å². The molecule has 3 aromatic rings. The predicted octanol–water partition coefficient (Wildman–Crippen LogP) is 0.206. The van der Waals surface area contributed by atoms with Gasteiger partial charge < -0.3 is 0 Å². The molecule has 0 radical (unpaired) electrons. The van der Waals surface area contributed by atoms with Crippen LogP contribution in [0.15, 0.2) is 46.2 Å². The highest BCUT2D eigenvalue weighted by Crippen LogP contribution is 2.18. The first kappa shape index (κ1) is 14.2. The van der Waals surface area contributed by atoms with Gasteiger partial charge in [0.05, 0.1) is 11.4 Å². The third kappa shape index (κ3) is 3.28. The van der Waals surface area contributed by atoms with Crippen molar-refractivity contribution in [3.05, 3.63) is 36.5 Å². The number of benzene rings is 1. The molecule has 1 N–H and O–H groups in total. The quantitative estimate of drug-likeness (QED) is 0.529. The predicted molar refractivity (Wildman–Crippen MR) is 76.2 cm³/mol. The molecule has 1 aromatic carbocycles. The molecule has 0 atom stereocenters. The smallest absolute Gasteiger partial charge is 0.288 e. The zero-order valence-electron chi connectivity index (χ0n) is 11.6. The summed E-state index contributed by atoms with van der Waals surface area (Å²) < 4.78 is 7.92. The molecule has 0 saturated heterocycles. The van der Waals surface area contributed by atoms with Crippen LogP contribution in [0, 0.1) is 0 Å². The number of carbonyl (C=O) groups is 1. The van der Waals surface area contributed by atoms with E-state index in [2.05, 4.69) is 26.1 Å². The van der Waals surface area contributed by atoms with Crippen molar-refractivity contribution < 1.29 is 14.0 Å². The van der Waals surface area contributed by atoms with Gasteiger partial charge in [0.1, 0.15) is 0 Å². The zero-order valence-corrected chi connectivity index (χ0v) is 12.4. The number of hydrogen-bond donors (Lipinski definition) is 1. The van der Waals surface area contributed by atoms with Crippen molar-refractivity contribution in [3.8, 4) is 5.69 Å². The standard InChI is InChI=1S/C12H11N7O2S/c1-18-7-11(21-17-18)13-10(20)8-22-12-14-15-16-19(12)9-5-3-2-4-6-9/h2-7H,8H2,1H3/p+1. The largest absolute Gasteiger partial charge is 0.302 e. The number of amides is 1. The Balaban J connectivity index is 1.63. The van der Waals surface area contributed by atoms with Gasteiger partial charge in [-0.2, -0.15) is 4.68 Å². The maximum Gasteiger partial charge on any atom is 0.302 e. The highest BCUT2D eigenvalue weighted by atomic mass is 32.2. The number of carbonyl (C=O) groups excluding carboxylic acids is 1. The second kappa shape index (κ2) is 6.35. The molecule has 2 heterocycles. The van der Waals surface area contributed by atoms with Crippen molar-refractivity contribution in [2.24, 2.45) is 7.05 Å². The Morgan fingerprint density at radius 3 is 2.95 bits per heavy atom. The Labute approximate surface area is 129 Å². The van der Waals surface area contributed by atoms with Gasteiger partial charge in [0.2, 0.25) is 11.1 Å². The van der Waals surface area contributed by atoms with Gasteiger partial charge in [0.25, 0.3) is 6.20 Å². The van der Waals surface area contributed by atoms with Crippen LogP contribution in [0.1, 0.15) is 0 Å². The summed E-state index contributed by atoms with van der Waals surface area (Å²) in [7, 11) is 1.70. The van der Waals surface area contributed by atoms with Crippen LogP contribution in [0.2, 0.25) is 0 Å². The van der Waals surface area contributed by atoms with E-state index in [-0.39, 0.29) is 17.5 Å². The molecule has 0 aliphatic heterocycles. The second-order valence-electron chi connectivity index (χ2n) is 4.29. The van der Waals surface area contributed by atoms with Crippen LogP contribution in [-0.4, -0.2) is 37.1 Å². The third-order valence-corrected chi connectivity index (χ3v) is 3.53. The summed E-state index contributed by atoms with van der Waals surface area (Å²) in [5.74, 6) is 0.206. The van der Waals surface area contributed by atoms with Crippen molar-refractivity contribution in [1.82, 2.24) is 25.5 Å². The molecule has 0 aliphatic carbocycles. The number of thioether (sulfide) groups is 1. The number of anilines is 1. The summed E-state index contributed by atoms with van der Waals surface area (Å²) in [6.07, 6.45) is 1.57. The maximum absolute atomic E-state index is 11.9. The van der Waals surface area contributed by atoms with Gasteiger partial charge in [-0.1, -0.05) is 34.6 Å². The van der Waals surface area contributed by atoms with Crippen molar-refractivity contribution in [2.75, 3.05) is 11.1 Å². The Morgan fingerprint density at radius 2 is 2.23 bits per heavy atom. The minimum Gasteiger partial charge on any atom is -0.288 e. The van der Waals surface area contributed by atoms with E-state index in [0.29, 0.717) is 5.16 Å². The molecule has 2 aromatic heterocycles. The maximum atomic E-state index is 11.9. The van der Waals surface area contributed by atoms with Crippen LogP contribution in [0.3, 0.4) is 0 Å². The van der Waals surface area contributed by atoms with E-state index in [0.717, 1.165) is 5.69 Å². The first-order valence-electron chi connectivity index (χ1n) is 6.31. The lowest BCUT2D eigenvalue weighted by Crippen LogP contribution is -2.28. The average Bonchev–Trinajstić information content (AvgIpc) is 3.15. The van der Waals surface area contributed by atoms with Crippen molar-refractivity contribution >= 4 is 23.6 Å². The summed E-state index contributed by atoms with van der Waals surface area (Å²) >= 11 is 1.23. The SMILES string of the molecule is C[n+]1cc(NC(=O)CSc2nnnn2-c2ccccc2)on1. The lowest BCUT2D eigenvalue weighted by molar-refractivity contribution is -0.739. The van der Waals surface area contributed by atoms with E-state index in [1.165, 1.54) is 16.4 Å². The number of rotatable bonds is 5. The summed E-state index contributed by atoms with van der Waals surface area (Å²) in [6, 6.07) is 9.46. The van der Waals surface area contributed by atoms with Crippen LogP contribution < -0.4 is 10.00 Å². The molecule has 9 nitrogen and oxygen atoms in total. The number of nitrogens with one attached hydrogen (secondary N) is 1. The second-order valence-corrected chi connectivity index (χ2v) is 5.23. The first-order chi connectivity index (χ1) is 10.7. The van der Waals surface area contributed by atoms with E-state index >= 15 is 0 Å². The molecule has 22 heavy (non-hydrogen) atoms. The van der Waals surface area contributed by atoms with E-state index in [4.69, 9.17) is 4.52 Å². The van der Waals surface area contributed by atoms with Gasteiger partial charge in [-0.05, 0) is 22.6 Å². The van der Waals surface area contributed by atoms with E-state index < -0.39 is 0 Å². The molecule has 0 bridgehead atoms. The monoisotopic (exact) mass is 318 g/mol. The van der Waals surface area contributed by atoms with Crippen LogP contribution in [0.25, 0.3) is 5.69 Å². The number of nitrogens with zero attached hydrogens (tertiary/aromatic N) is 6. The number of hydrogen-bond acceptors (Lipinski definition) is 7. The summed E-state index contributed by atoms with van der Waals surface area (Å²) in [6.45, 7) is 0. The lowest BCUT2D eigenvalue weighted by atomic mass is 10.3. The van der Waals surface area contributed by atoms with Crippen molar-refractivity contribution in [2.45, 2.75) is 5.16 Å². The minimum atomic E-state index is -0.232.